The maximum Gasteiger partial charge on any atom is 0.376 e. The molecule has 0 aliphatic rings. The standard InChI is InChI=1S/C14H25F2NO3/c1-3-4-5-6-7-9-12(18)17-11-8-10-14(15,16)13(19)20-2/h3-11H2,1-2H3,(H,17,18). The first-order chi connectivity index (χ1) is 9.44. The molecule has 6 heteroatoms. The Kier molecular flexibility index (Phi) is 9.94. The number of unbranched alkanes of at least 4 members (excludes halogenated alkanes) is 4. The van der Waals surface area contributed by atoms with Crippen LogP contribution in [-0.2, 0) is 14.3 Å². The SMILES string of the molecule is CCCCCCCC(=O)NCCCC(F)(F)C(=O)OC. The number of carbonyl (C=O) groups excluding carboxylic acids is 2. The monoisotopic (exact) mass is 293 g/mol. The van der Waals surface area contributed by atoms with Crippen LogP contribution in [0.15, 0.2) is 0 Å². The van der Waals surface area contributed by atoms with E-state index in [2.05, 4.69) is 17.0 Å². The zero-order valence-corrected chi connectivity index (χ0v) is 12.3. The summed E-state index contributed by atoms with van der Waals surface area (Å²) in [5.41, 5.74) is 0. The molecule has 0 aromatic heterocycles. The van der Waals surface area contributed by atoms with Gasteiger partial charge in [-0.1, -0.05) is 32.6 Å². The van der Waals surface area contributed by atoms with Gasteiger partial charge in [-0.3, -0.25) is 4.79 Å². The second kappa shape index (κ2) is 10.6. The van der Waals surface area contributed by atoms with Crippen LogP contribution in [0.5, 0.6) is 0 Å². The molecule has 0 aliphatic carbocycles. The summed E-state index contributed by atoms with van der Waals surface area (Å²) < 4.78 is 30.2. The molecule has 0 aliphatic heterocycles. The Bertz CT molecular complexity index is 296. The summed E-state index contributed by atoms with van der Waals surface area (Å²) >= 11 is 0. The topological polar surface area (TPSA) is 55.4 Å². The van der Waals surface area contributed by atoms with Crippen molar-refractivity contribution in [3.63, 3.8) is 0 Å². The molecule has 0 aromatic rings. The molecule has 0 heterocycles. The minimum absolute atomic E-state index is 0.0453. The third kappa shape index (κ3) is 8.82. The van der Waals surface area contributed by atoms with E-state index in [4.69, 9.17) is 0 Å². The number of nitrogens with one attached hydrogen (secondary N) is 1. The Hall–Kier alpha value is -1.20. The van der Waals surface area contributed by atoms with E-state index in [-0.39, 0.29) is 18.9 Å². The van der Waals surface area contributed by atoms with E-state index in [0.717, 1.165) is 32.8 Å². The summed E-state index contributed by atoms with van der Waals surface area (Å²) in [5, 5.41) is 2.58. The second-order valence-electron chi connectivity index (χ2n) is 4.81. The first kappa shape index (κ1) is 18.8. The van der Waals surface area contributed by atoms with Crippen LogP contribution in [0.1, 0.15) is 58.3 Å². The van der Waals surface area contributed by atoms with Gasteiger partial charge < -0.3 is 10.1 Å². The van der Waals surface area contributed by atoms with E-state index >= 15 is 0 Å². The van der Waals surface area contributed by atoms with Crippen LogP contribution in [0.2, 0.25) is 0 Å². The molecular weight excluding hydrogens is 268 g/mol. The van der Waals surface area contributed by atoms with Crippen molar-refractivity contribution in [2.45, 2.75) is 64.2 Å². The van der Waals surface area contributed by atoms with Gasteiger partial charge in [0.1, 0.15) is 0 Å². The predicted octanol–water partition coefficient (Wildman–Crippen LogP) is 3.05. The van der Waals surface area contributed by atoms with Gasteiger partial charge in [0.25, 0.3) is 0 Å². The molecule has 0 radical (unpaired) electrons. The second-order valence-corrected chi connectivity index (χ2v) is 4.81. The molecule has 20 heavy (non-hydrogen) atoms. The summed E-state index contributed by atoms with van der Waals surface area (Å²) in [5.74, 6) is -5.12. The molecule has 0 saturated heterocycles. The minimum atomic E-state index is -3.47. The van der Waals surface area contributed by atoms with Gasteiger partial charge in [0, 0.05) is 19.4 Å². The van der Waals surface area contributed by atoms with Crippen LogP contribution in [0.25, 0.3) is 0 Å². The van der Waals surface area contributed by atoms with E-state index in [1.165, 1.54) is 6.42 Å². The molecule has 4 nitrogen and oxygen atoms in total. The summed E-state index contributed by atoms with van der Waals surface area (Å²) in [6, 6.07) is 0. The number of hydrogen-bond donors (Lipinski definition) is 1. The number of halogens is 2. The van der Waals surface area contributed by atoms with Crippen molar-refractivity contribution in [1.29, 1.82) is 0 Å². The van der Waals surface area contributed by atoms with Crippen LogP contribution in [0.4, 0.5) is 8.78 Å². The van der Waals surface area contributed by atoms with Crippen molar-refractivity contribution in [3.8, 4) is 0 Å². The zero-order valence-electron chi connectivity index (χ0n) is 12.3. The highest BCUT2D eigenvalue weighted by atomic mass is 19.3. The molecule has 0 atom stereocenters. The van der Waals surface area contributed by atoms with Gasteiger partial charge in [-0.05, 0) is 12.8 Å². The fourth-order valence-corrected chi connectivity index (χ4v) is 1.77. The first-order valence-electron chi connectivity index (χ1n) is 7.17. The average Bonchev–Trinajstić information content (AvgIpc) is 2.42. The molecule has 0 rings (SSSR count). The highest BCUT2D eigenvalue weighted by molar-refractivity contribution is 5.77. The molecule has 1 amide bonds. The lowest BCUT2D eigenvalue weighted by Crippen LogP contribution is -2.32. The summed E-state index contributed by atoms with van der Waals surface area (Å²) in [6.45, 7) is 2.27. The van der Waals surface area contributed by atoms with E-state index in [9.17, 15) is 18.4 Å². The molecule has 0 fully saturated rings. The molecule has 0 saturated carbocycles. The Morgan fingerprint density at radius 2 is 1.75 bits per heavy atom. The molecule has 0 aromatic carbocycles. The van der Waals surface area contributed by atoms with E-state index < -0.39 is 18.3 Å². The van der Waals surface area contributed by atoms with Gasteiger partial charge in [-0.25, -0.2) is 4.79 Å². The van der Waals surface area contributed by atoms with Crippen molar-refractivity contribution in [1.82, 2.24) is 5.32 Å². The number of alkyl halides is 2. The molecule has 0 spiro atoms. The van der Waals surface area contributed by atoms with Gasteiger partial charge >= 0.3 is 11.9 Å². The summed E-state index contributed by atoms with van der Waals surface area (Å²) in [7, 11) is 0.927. The summed E-state index contributed by atoms with van der Waals surface area (Å²) in [6.07, 6.45) is 5.14. The lowest BCUT2D eigenvalue weighted by atomic mass is 10.1. The maximum atomic E-state index is 13.1. The lowest BCUT2D eigenvalue weighted by Gasteiger charge is -2.13. The Labute approximate surface area is 119 Å². The third-order valence-electron chi connectivity index (χ3n) is 2.98. The van der Waals surface area contributed by atoms with Crippen LogP contribution >= 0.6 is 0 Å². The van der Waals surface area contributed by atoms with Gasteiger partial charge in [-0.15, -0.1) is 0 Å². The van der Waals surface area contributed by atoms with Crippen LogP contribution in [0, 0.1) is 0 Å². The smallest absolute Gasteiger partial charge is 0.376 e. The number of carbonyl (C=O) groups is 2. The van der Waals surface area contributed by atoms with E-state index in [1.807, 2.05) is 0 Å². The van der Waals surface area contributed by atoms with Crippen LogP contribution in [0.3, 0.4) is 0 Å². The quantitative estimate of drug-likeness (QED) is 0.470. The van der Waals surface area contributed by atoms with Crippen molar-refractivity contribution in [2.24, 2.45) is 0 Å². The van der Waals surface area contributed by atoms with Crippen LogP contribution in [-0.4, -0.2) is 31.5 Å². The minimum Gasteiger partial charge on any atom is -0.465 e. The normalized spacial score (nSPS) is 11.2. The Morgan fingerprint density at radius 3 is 2.35 bits per heavy atom. The lowest BCUT2D eigenvalue weighted by molar-refractivity contribution is -0.169. The highest BCUT2D eigenvalue weighted by Gasteiger charge is 2.39. The predicted molar refractivity (Wildman–Crippen MR) is 72.6 cm³/mol. The first-order valence-corrected chi connectivity index (χ1v) is 7.17. The largest absolute Gasteiger partial charge is 0.465 e. The fraction of sp³-hybridized carbons (Fsp3) is 0.857. The van der Waals surface area contributed by atoms with Crippen molar-refractivity contribution < 1.29 is 23.1 Å². The number of esters is 1. The third-order valence-corrected chi connectivity index (χ3v) is 2.98. The molecule has 0 bridgehead atoms. The van der Waals surface area contributed by atoms with Crippen molar-refractivity contribution in [3.05, 3.63) is 0 Å². The van der Waals surface area contributed by atoms with Gasteiger partial charge in [0.2, 0.25) is 5.91 Å². The molecule has 118 valence electrons. The number of amides is 1. The molecule has 0 unspecified atom stereocenters. The zero-order chi connectivity index (χ0) is 15.4. The summed E-state index contributed by atoms with van der Waals surface area (Å²) in [4.78, 5) is 22.1. The van der Waals surface area contributed by atoms with Gasteiger partial charge in [0.05, 0.1) is 7.11 Å². The van der Waals surface area contributed by atoms with Crippen LogP contribution < -0.4 is 5.32 Å². The van der Waals surface area contributed by atoms with Gasteiger partial charge in [-0.2, -0.15) is 8.78 Å². The fourth-order valence-electron chi connectivity index (χ4n) is 1.77. The Morgan fingerprint density at radius 1 is 1.10 bits per heavy atom. The van der Waals surface area contributed by atoms with Gasteiger partial charge in [0.15, 0.2) is 0 Å². The van der Waals surface area contributed by atoms with Crippen molar-refractivity contribution >= 4 is 11.9 Å². The van der Waals surface area contributed by atoms with E-state index in [0.29, 0.717) is 6.42 Å². The Balaban J connectivity index is 3.59. The number of rotatable bonds is 11. The number of ether oxygens (including phenoxy) is 1. The van der Waals surface area contributed by atoms with Crippen molar-refractivity contribution in [2.75, 3.05) is 13.7 Å². The molecule has 1 N–H and O–H groups in total. The highest BCUT2D eigenvalue weighted by Crippen LogP contribution is 2.21. The molecular formula is C14H25F2NO3. The van der Waals surface area contributed by atoms with E-state index in [1.54, 1.807) is 0 Å². The average molecular weight is 293 g/mol. The number of methoxy groups -OCH3 is 1. The maximum absolute atomic E-state index is 13.1. The number of hydrogen-bond acceptors (Lipinski definition) is 3.